The Morgan fingerprint density at radius 2 is 2.20 bits per heavy atom. The predicted octanol–water partition coefficient (Wildman–Crippen LogP) is 3.43. The number of aromatic carboxylic acids is 1. The van der Waals surface area contributed by atoms with Crippen molar-refractivity contribution < 1.29 is 19.0 Å². The summed E-state index contributed by atoms with van der Waals surface area (Å²) in [6, 6.07) is 4.36. The van der Waals surface area contributed by atoms with Gasteiger partial charge in [-0.3, -0.25) is 0 Å². The van der Waals surface area contributed by atoms with Crippen LogP contribution in [0.5, 0.6) is 11.6 Å². The fourth-order valence-electron chi connectivity index (χ4n) is 1.57. The minimum absolute atomic E-state index is 0.00604. The standard InChI is InChI=1S/C13H10BrFN2O3/c1-2-9-11(15)12(17-6-16-9)20-10-5-7(14)3-4-8(10)13(18)19/h3-6H,2H2,1H3,(H,18,19). The number of aromatic nitrogens is 2. The minimum atomic E-state index is -1.17. The van der Waals surface area contributed by atoms with Crippen molar-refractivity contribution in [3.63, 3.8) is 0 Å². The average Bonchev–Trinajstić information content (AvgIpc) is 2.41. The zero-order chi connectivity index (χ0) is 14.7. The van der Waals surface area contributed by atoms with Gasteiger partial charge in [0, 0.05) is 4.47 Å². The highest BCUT2D eigenvalue weighted by Crippen LogP contribution is 2.29. The molecule has 0 spiro atoms. The molecule has 1 aromatic heterocycles. The van der Waals surface area contributed by atoms with Gasteiger partial charge in [-0.2, -0.15) is 9.37 Å². The molecule has 5 nitrogen and oxygen atoms in total. The van der Waals surface area contributed by atoms with E-state index in [1.165, 1.54) is 18.5 Å². The predicted molar refractivity (Wildman–Crippen MR) is 72.5 cm³/mol. The third-order valence-electron chi connectivity index (χ3n) is 2.55. The summed E-state index contributed by atoms with van der Waals surface area (Å²) in [5.41, 5.74) is 0.131. The monoisotopic (exact) mass is 340 g/mol. The summed E-state index contributed by atoms with van der Waals surface area (Å²) in [5.74, 6) is -2.15. The fraction of sp³-hybridized carbons (Fsp3) is 0.154. The highest BCUT2D eigenvalue weighted by atomic mass is 79.9. The van der Waals surface area contributed by atoms with Gasteiger partial charge < -0.3 is 9.84 Å². The Kier molecular flexibility index (Phi) is 4.29. The average molecular weight is 341 g/mol. The summed E-state index contributed by atoms with van der Waals surface area (Å²) in [4.78, 5) is 18.6. The van der Waals surface area contributed by atoms with Crippen LogP contribution < -0.4 is 4.74 Å². The van der Waals surface area contributed by atoms with Gasteiger partial charge in [-0.1, -0.05) is 22.9 Å². The van der Waals surface area contributed by atoms with E-state index in [0.29, 0.717) is 10.9 Å². The van der Waals surface area contributed by atoms with Crippen molar-refractivity contribution in [2.75, 3.05) is 0 Å². The van der Waals surface area contributed by atoms with E-state index in [9.17, 15) is 9.18 Å². The molecule has 0 aliphatic rings. The van der Waals surface area contributed by atoms with Crippen molar-refractivity contribution in [3.05, 3.63) is 46.1 Å². The Bertz CT molecular complexity index is 664. The molecule has 7 heteroatoms. The van der Waals surface area contributed by atoms with Crippen LogP contribution in [0.15, 0.2) is 29.0 Å². The van der Waals surface area contributed by atoms with Crippen molar-refractivity contribution in [3.8, 4) is 11.6 Å². The summed E-state index contributed by atoms with van der Waals surface area (Å²) in [6.07, 6.45) is 1.56. The van der Waals surface area contributed by atoms with Gasteiger partial charge in [0.15, 0.2) is 0 Å². The lowest BCUT2D eigenvalue weighted by atomic mass is 10.2. The van der Waals surface area contributed by atoms with Crippen LogP contribution in [0.25, 0.3) is 0 Å². The summed E-state index contributed by atoms with van der Waals surface area (Å²) in [6.45, 7) is 1.75. The van der Waals surface area contributed by atoms with E-state index in [1.54, 1.807) is 13.0 Å². The topological polar surface area (TPSA) is 72.3 Å². The number of carboxylic acid groups (broad SMARTS) is 1. The third-order valence-corrected chi connectivity index (χ3v) is 3.04. The molecule has 20 heavy (non-hydrogen) atoms. The molecule has 1 heterocycles. The second-order valence-electron chi connectivity index (χ2n) is 3.84. The van der Waals surface area contributed by atoms with Gasteiger partial charge in [0.1, 0.15) is 17.6 Å². The van der Waals surface area contributed by atoms with E-state index < -0.39 is 11.8 Å². The van der Waals surface area contributed by atoms with Crippen LogP contribution in [0.3, 0.4) is 0 Å². The minimum Gasteiger partial charge on any atom is -0.478 e. The van der Waals surface area contributed by atoms with Gasteiger partial charge >= 0.3 is 5.97 Å². The Hall–Kier alpha value is -2.02. The second kappa shape index (κ2) is 5.96. The van der Waals surface area contributed by atoms with Crippen LogP contribution in [0.1, 0.15) is 23.0 Å². The van der Waals surface area contributed by atoms with Gasteiger partial charge in [-0.05, 0) is 24.6 Å². The zero-order valence-corrected chi connectivity index (χ0v) is 12.0. The Morgan fingerprint density at radius 1 is 1.45 bits per heavy atom. The molecule has 0 aliphatic heterocycles. The number of ether oxygens (including phenoxy) is 1. The number of nitrogens with zero attached hydrogens (tertiary/aromatic N) is 2. The van der Waals surface area contributed by atoms with Crippen LogP contribution in [0.2, 0.25) is 0 Å². The lowest BCUT2D eigenvalue weighted by Gasteiger charge is -2.10. The molecule has 0 saturated heterocycles. The molecule has 104 valence electrons. The van der Waals surface area contributed by atoms with E-state index in [0.717, 1.165) is 0 Å². The molecule has 2 rings (SSSR count). The molecule has 1 N–H and O–H groups in total. The first-order valence-corrected chi connectivity index (χ1v) is 6.52. The van der Waals surface area contributed by atoms with Crippen molar-refractivity contribution in [2.45, 2.75) is 13.3 Å². The summed E-state index contributed by atoms with van der Waals surface area (Å²) in [5, 5.41) is 9.08. The Morgan fingerprint density at radius 3 is 2.85 bits per heavy atom. The van der Waals surface area contributed by atoms with Gasteiger partial charge in [0.25, 0.3) is 5.88 Å². The zero-order valence-electron chi connectivity index (χ0n) is 10.4. The van der Waals surface area contributed by atoms with E-state index >= 15 is 0 Å². The van der Waals surface area contributed by atoms with Crippen LogP contribution in [0.4, 0.5) is 4.39 Å². The number of carboxylic acids is 1. The molecule has 0 amide bonds. The number of carbonyl (C=O) groups is 1. The number of aryl methyl sites for hydroxylation is 1. The second-order valence-corrected chi connectivity index (χ2v) is 4.76. The van der Waals surface area contributed by atoms with Crippen LogP contribution in [-0.2, 0) is 6.42 Å². The maximum absolute atomic E-state index is 14.0. The molecular weight excluding hydrogens is 331 g/mol. The van der Waals surface area contributed by atoms with E-state index in [-0.39, 0.29) is 22.9 Å². The molecule has 0 unspecified atom stereocenters. The van der Waals surface area contributed by atoms with E-state index in [2.05, 4.69) is 25.9 Å². The third kappa shape index (κ3) is 2.93. The Labute approximate surface area is 122 Å². The van der Waals surface area contributed by atoms with Crippen molar-refractivity contribution >= 4 is 21.9 Å². The van der Waals surface area contributed by atoms with E-state index in [4.69, 9.17) is 9.84 Å². The van der Waals surface area contributed by atoms with Crippen molar-refractivity contribution in [2.24, 2.45) is 0 Å². The summed E-state index contributed by atoms with van der Waals surface area (Å²) < 4.78 is 19.9. The normalized spacial score (nSPS) is 10.3. The first-order chi connectivity index (χ1) is 9.52. The first kappa shape index (κ1) is 14.4. The molecule has 2 aromatic rings. The van der Waals surface area contributed by atoms with Gasteiger partial charge in [-0.15, -0.1) is 0 Å². The quantitative estimate of drug-likeness (QED) is 0.922. The molecule has 1 aromatic carbocycles. The van der Waals surface area contributed by atoms with Crippen LogP contribution in [0, 0.1) is 5.82 Å². The lowest BCUT2D eigenvalue weighted by Crippen LogP contribution is -2.03. The highest BCUT2D eigenvalue weighted by molar-refractivity contribution is 9.10. The maximum atomic E-state index is 14.0. The SMILES string of the molecule is CCc1ncnc(Oc2cc(Br)ccc2C(=O)O)c1F. The summed E-state index contributed by atoms with van der Waals surface area (Å²) in [7, 11) is 0. The van der Waals surface area contributed by atoms with Gasteiger partial charge in [0.05, 0.1) is 5.69 Å². The highest BCUT2D eigenvalue weighted by Gasteiger charge is 2.17. The smallest absolute Gasteiger partial charge is 0.339 e. The molecule has 0 atom stereocenters. The number of rotatable bonds is 4. The van der Waals surface area contributed by atoms with Crippen LogP contribution >= 0.6 is 15.9 Å². The molecule has 0 radical (unpaired) electrons. The fourth-order valence-corrected chi connectivity index (χ4v) is 1.91. The number of benzene rings is 1. The van der Waals surface area contributed by atoms with Crippen LogP contribution in [-0.4, -0.2) is 21.0 Å². The van der Waals surface area contributed by atoms with E-state index in [1.807, 2.05) is 0 Å². The maximum Gasteiger partial charge on any atom is 0.339 e. The van der Waals surface area contributed by atoms with Crippen molar-refractivity contribution in [1.29, 1.82) is 0 Å². The first-order valence-electron chi connectivity index (χ1n) is 5.73. The molecule has 0 aliphatic carbocycles. The molecule has 0 saturated carbocycles. The van der Waals surface area contributed by atoms with Gasteiger partial charge in [0.2, 0.25) is 5.82 Å². The number of hydrogen-bond acceptors (Lipinski definition) is 4. The molecule has 0 fully saturated rings. The molecular formula is C13H10BrFN2O3. The molecule has 0 bridgehead atoms. The summed E-state index contributed by atoms with van der Waals surface area (Å²) >= 11 is 3.21. The number of halogens is 2. The van der Waals surface area contributed by atoms with Gasteiger partial charge in [-0.25, -0.2) is 9.78 Å². The van der Waals surface area contributed by atoms with Crippen molar-refractivity contribution in [1.82, 2.24) is 9.97 Å². The lowest BCUT2D eigenvalue weighted by molar-refractivity contribution is 0.0694. The Balaban J connectivity index is 2.44. The largest absolute Gasteiger partial charge is 0.478 e. The number of hydrogen-bond donors (Lipinski definition) is 1.